The van der Waals surface area contributed by atoms with Crippen molar-refractivity contribution in [1.82, 2.24) is 10.2 Å². The van der Waals surface area contributed by atoms with E-state index in [1.54, 1.807) is 0 Å². The summed E-state index contributed by atoms with van der Waals surface area (Å²) in [5.74, 6) is 0. The maximum absolute atomic E-state index is 3.75. The van der Waals surface area contributed by atoms with Crippen LogP contribution in [-0.2, 0) is 19.4 Å². The summed E-state index contributed by atoms with van der Waals surface area (Å²) < 4.78 is 0. The van der Waals surface area contributed by atoms with Crippen LogP contribution in [0.4, 0.5) is 0 Å². The van der Waals surface area contributed by atoms with Crippen LogP contribution in [0.15, 0.2) is 54.6 Å². The maximum atomic E-state index is 3.75. The molecule has 1 N–H and O–H groups in total. The number of hydrogen-bond acceptors (Lipinski definition) is 2. The van der Waals surface area contributed by atoms with E-state index in [9.17, 15) is 0 Å². The quantitative estimate of drug-likeness (QED) is 0.755. The second-order valence-corrected chi connectivity index (χ2v) is 6.54. The molecule has 2 aromatic carbocycles. The second-order valence-electron chi connectivity index (χ2n) is 6.54. The lowest BCUT2D eigenvalue weighted by atomic mass is 10.0. The number of likely N-dealkylation sites (N-methyl/N-ethyl adjacent to an activating group) is 1. The van der Waals surface area contributed by atoms with Gasteiger partial charge in [-0.3, -0.25) is 0 Å². The van der Waals surface area contributed by atoms with E-state index in [4.69, 9.17) is 0 Å². The van der Waals surface area contributed by atoms with Gasteiger partial charge in [-0.2, -0.15) is 0 Å². The average Bonchev–Trinajstić information content (AvgIpc) is 2.58. The lowest BCUT2D eigenvalue weighted by molar-refractivity contribution is 0.325. The molecule has 0 bridgehead atoms. The number of hydrogen-bond donors (Lipinski definition) is 1. The van der Waals surface area contributed by atoms with Crippen molar-refractivity contribution in [1.29, 1.82) is 0 Å². The molecule has 0 aliphatic rings. The van der Waals surface area contributed by atoms with Gasteiger partial charge in [0.1, 0.15) is 0 Å². The molecule has 0 heterocycles. The summed E-state index contributed by atoms with van der Waals surface area (Å²) >= 11 is 0. The minimum atomic E-state index is 0.510. The Kier molecular flexibility index (Phi) is 7.31. The Hall–Kier alpha value is -1.64. The van der Waals surface area contributed by atoms with Gasteiger partial charge < -0.3 is 10.2 Å². The van der Waals surface area contributed by atoms with E-state index in [1.807, 2.05) is 0 Å². The zero-order valence-corrected chi connectivity index (χ0v) is 14.8. The van der Waals surface area contributed by atoms with E-state index in [0.29, 0.717) is 6.04 Å². The third kappa shape index (κ3) is 6.55. The van der Waals surface area contributed by atoms with Gasteiger partial charge in [-0.15, -0.1) is 0 Å². The summed E-state index contributed by atoms with van der Waals surface area (Å²) in [4.78, 5) is 2.27. The lowest BCUT2D eigenvalue weighted by Crippen LogP contribution is -2.38. The van der Waals surface area contributed by atoms with Gasteiger partial charge in [0.15, 0.2) is 0 Å². The number of benzene rings is 2. The molecular formula is C21H30N2. The van der Waals surface area contributed by atoms with Crippen LogP contribution < -0.4 is 5.32 Å². The second kappa shape index (κ2) is 9.49. The normalized spacial score (nSPS) is 12.5. The summed E-state index contributed by atoms with van der Waals surface area (Å²) in [6.45, 7) is 4.22. The van der Waals surface area contributed by atoms with Crippen molar-refractivity contribution < 1.29 is 0 Å². The van der Waals surface area contributed by atoms with Crippen LogP contribution >= 0.6 is 0 Å². The maximum Gasteiger partial charge on any atom is 0.0208 e. The van der Waals surface area contributed by atoms with E-state index < -0.39 is 0 Å². The summed E-state index contributed by atoms with van der Waals surface area (Å²) in [5, 5.41) is 3.75. The molecule has 0 saturated carbocycles. The van der Waals surface area contributed by atoms with Crippen LogP contribution in [0.2, 0.25) is 0 Å². The zero-order valence-electron chi connectivity index (χ0n) is 14.8. The number of aryl methyl sites for hydroxylation is 2. The molecule has 0 amide bonds. The molecular weight excluding hydrogens is 280 g/mol. The Labute approximate surface area is 141 Å². The SMILES string of the molecule is CCc1cccc(CN[C@@H](CCc2ccccc2)CN(C)C)c1. The molecule has 0 aromatic heterocycles. The molecule has 2 heteroatoms. The van der Waals surface area contributed by atoms with Gasteiger partial charge in [0.25, 0.3) is 0 Å². The van der Waals surface area contributed by atoms with E-state index in [-0.39, 0.29) is 0 Å². The highest BCUT2D eigenvalue weighted by Crippen LogP contribution is 2.09. The molecule has 0 saturated heterocycles. The predicted molar refractivity (Wildman–Crippen MR) is 99.8 cm³/mol. The van der Waals surface area contributed by atoms with Gasteiger partial charge in [0.05, 0.1) is 0 Å². The van der Waals surface area contributed by atoms with Gasteiger partial charge in [0, 0.05) is 19.1 Å². The molecule has 0 spiro atoms. The Morgan fingerprint density at radius 1 is 0.913 bits per heavy atom. The van der Waals surface area contributed by atoms with Crippen molar-refractivity contribution >= 4 is 0 Å². The zero-order chi connectivity index (χ0) is 16.5. The predicted octanol–water partition coefficient (Wildman–Crippen LogP) is 3.90. The van der Waals surface area contributed by atoms with Crippen LogP contribution in [0.5, 0.6) is 0 Å². The molecule has 0 fully saturated rings. The first-order chi connectivity index (χ1) is 11.2. The van der Waals surface area contributed by atoms with Crippen molar-refractivity contribution in [3.63, 3.8) is 0 Å². The summed E-state index contributed by atoms with van der Waals surface area (Å²) in [6.07, 6.45) is 3.39. The van der Waals surface area contributed by atoms with Crippen LogP contribution in [0.3, 0.4) is 0 Å². The Morgan fingerprint density at radius 2 is 1.61 bits per heavy atom. The fourth-order valence-corrected chi connectivity index (χ4v) is 2.91. The highest BCUT2D eigenvalue weighted by molar-refractivity contribution is 5.23. The van der Waals surface area contributed by atoms with Gasteiger partial charge in [-0.05, 0) is 50.0 Å². The molecule has 2 aromatic rings. The Bertz CT molecular complexity index is 563. The third-order valence-corrected chi connectivity index (χ3v) is 4.20. The average molecular weight is 310 g/mol. The Morgan fingerprint density at radius 3 is 2.30 bits per heavy atom. The first-order valence-corrected chi connectivity index (χ1v) is 8.67. The third-order valence-electron chi connectivity index (χ3n) is 4.20. The minimum Gasteiger partial charge on any atom is -0.309 e. The fraction of sp³-hybridized carbons (Fsp3) is 0.429. The number of rotatable bonds is 9. The van der Waals surface area contributed by atoms with Crippen molar-refractivity contribution in [3.05, 3.63) is 71.3 Å². The van der Waals surface area contributed by atoms with Crippen molar-refractivity contribution in [2.24, 2.45) is 0 Å². The lowest BCUT2D eigenvalue weighted by Gasteiger charge is -2.23. The standard InChI is InChI=1S/C21H30N2/c1-4-18-11-8-12-20(15-18)16-22-21(17-23(2)3)14-13-19-9-6-5-7-10-19/h5-12,15,21-22H,4,13-14,16-17H2,1-3H3/t21-/m0/s1. The minimum absolute atomic E-state index is 0.510. The van der Waals surface area contributed by atoms with E-state index >= 15 is 0 Å². The molecule has 0 aliphatic carbocycles. The monoisotopic (exact) mass is 310 g/mol. The molecule has 1 atom stereocenters. The first kappa shape index (κ1) is 17.7. The van der Waals surface area contributed by atoms with E-state index in [2.05, 4.69) is 85.8 Å². The Balaban J connectivity index is 1.89. The van der Waals surface area contributed by atoms with Crippen molar-refractivity contribution in [3.8, 4) is 0 Å². The molecule has 2 nitrogen and oxygen atoms in total. The van der Waals surface area contributed by atoms with Crippen LogP contribution in [-0.4, -0.2) is 31.6 Å². The molecule has 2 rings (SSSR count). The topological polar surface area (TPSA) is 15.3 Å². The van der Waals surface area contributed by atoms with Gasteiger partial charge in [0.2, 0.25) is 0 Å². The smallest absolute Gasteiger partial charge is 0.0208 e. The first-order valence-electron chi connectivity index (χ1n) is 8.67. The highest BCUT2D eigenvalue weighted by Gasteiger charge is 2.10. The number of nitrogens with zero attached hydrogens (tertiary/aromatic N) is 1. The van der Waals surface area contributed by atoms with Gasteiger partial charge in [-0.1, -0.05) is 61.5 Å². The summed E-state index contributed by atoms with van der Waals surface area (Å²) in [5.41, 5.74) is 4.22. The number of nitrogens with one attached hydrogen (secondary N) is 1. The van der Waals surface area contributed by atoms with Crippen LogP contribution in [0.1, 0.15) is 30.0 Å². The van der Waals surface area contributed by atoms with Gasteiger partial charge in [-0.25, -0.2) is 0 Å². The summed E-state index contributed by atoms with van der Waals surface area (Å²) in [7, 11) is 4.30. The van der Waals surface area contributed by atoms with Crippen LogP contribution in [0.25, 0.3) is 0 Å². The molecule has 23 heavy (non-hydrogen) atoms. The fourth-order valence-electron chi connectivity index (χ4n) is 2.91. The largest absolute Gasteiger partial charge is 0.309 e. The van der Waals surface area contributed by atoms with Crippen molar-refractivity contribution in [2.75, 3.05) is 20.6 Å². The summed E-state index contributed by atoms with van der Waals surface area (Å²) in [6, 6.07) is 20.2. The van der Waals surface area contributed by atoms with E-state index in [1.165, 1.54) is 16.7 Å². The molecule has 124 valence electrons. The molecule has 0 radical (unpaired) electrons. The van der Waals surface area contributed by atoms with Crippen molar-refractivity contribution in [2.45, 2.75) is 38.8 Å². The highest BCUT2D eigenvalue weighted by atomic mass is 15.1. The van der Waals surface area contributed by atoms with Gasteiger partial charge >= 0.3 is 0 Å². The molecule has 0 aliphatic heterocycles. The van der Waals surface area contributed by atoms with E-state index in [0.717, 1.165) is 32.4 Å². The molecule has 0 unspecified atom stereocenters. The van der Waals surface area contributed by atoms with Crippen LogP contribution in [0, 0.1) is 0 Å².